The average molecular weight is 354 g/mol. The van der Waals surface area contributed by atoms with Crippen LogP contribution in [0.1, 0.15) is 41.8 Å². The van der Waals surface area contributed by atoms with Gasteiger partial charge in [0.15, 0.2) is 5.78 Å². The van der Waals surface area contributed by atoms with Gasteiger partial charge in [-0.15, -0.1) is 0 Å². The maximum Gasteiger partial charge on any atom is 0.189 e. The standard InChI is InChI=1S/C22H26O4/c1-5-7-17-14-19(22(25-4)15-21(17)24-3)20(23)13-10-16-8-11-18(12-9-16)26-6-2/h8-15H,5-7H2,1-4H3/b13-10+. The Balaban J connectivity index is 2.25. The fourth-order valence-corrected chi connectivity index (χ4v) is 2.73. The minimum atomic E-state index is -0.101. The van der Waals surface area contributed by atoms with Crippen molar-refractivity contribution in [1.82, 2.24) is 0 Å². The lowest BCUT2D eigenvalue weighted by molar-refractivity contribution is 0.104. The molecule has 0 saturated heterocycles. The number of carbonyl (C=O) groups is 1. The number of hydrogen-bond donors (Lipinski definition) is 0. The zero-order valence-corrected chi connectivity index (χ0v) is 15.9. The number of ether oxygens (including phenoxy) is 3. The lowest BCUT2D eigenvalue weighted by Gasteiger charge is -2.13. The van der Waals surface area contributed by atoms with Gasteiger partial charge in [-0.3, -0.25) is 4.79 Å². The van der Waals surface area contributed by atoms with E-state index in [4.69, 9.17) is 14.2 Å². The smallest absolute Gasteiger partial charge is 0.189 e. The SMILES string of the molecule is CCCc1cc(C(=O)/C=C/c2ccc(OCC)cc2)c(OC)cc1OC. The molecule has 2 aromatic carbocycles. The molecule has 0 heterocycles. The van der Waals surface area contributed by atoms with Crippen molar-refractivity contribution in [3.8, 4) is 17.2 Å². The average Bonchev–Trinajstić information content (AvgIpc) is 2.67. The Labute approximate surface area is 155 Å². The number of allylic oxidation sites excluding steroid dienone is 1. The predicted molar refractivity (Wildman–Crippen MR) is 105 cm³/mol. The van der Waals surface area contributed by atoms with E-state index in [0.29, 0.717) is 17.9 Å². The molecule has 0 radical (unpaired) electrons. The molecule has 0 fully saturated rings. The molecule has 0 saturated carbocycles. The molecule has 4 heteroatoms. The first-order chi connectivity index (χ1) is 12.6. The molecular weight excluding hydrogens is 328 g/mol. The Hall–Kier alpha value is -2.75. The number of hydrogen-bond acceptors (Lipinski definition) is 4. The summed E-state index contributed by atoms with van der Waals surface area (Å²) in [7, 11) is 3.18. The Morgan fingerprint density at radius 2 is 1.69 bits per heavy atom. The van der Waals surface area contributed by atoms with Crippen LogP contribution >= 0.6 is 0 Å². The van der Waals surface area contributed by atoms with Crippen LogP contribution in [-0.2, 0) is 6.42 Å². The molecule has 0 aromatic heterocycles. The molecule has 0 amide bonds. The van der Waals surface area contributed by atoms with E-state index in [9.17, 15) is 4.79 Å². The van der Waals surface area contributed by atoms with E-state index in [-0.39, 0.29) is 5.78 Å². The molecule has 2 aromatic rings. The van der Waals surface area contributed by atoms with Crippen LogP contribution < -0.4 is 14.2 Å². The highest BCUT2D eigenvalue weighted by Crippen LogP contribution is 2.30. The van der Waals surface area contributed by atoms with Crippen LogP contribution in [-0.4, -0.2) is 26.6 Å². The van der Waals surface area contributed by atoms with E-state index in [0.717, 1.165) is 35.5 Å². The number of carbonyl (C=O) groups excluding carboxylic acids is 1. The van der Waals surface area contributed by atoms with Crippen molar-refractivity contribution in [2.24, 2.45) is 0 Å². The largest absolute Gasteiger partial charge is 0.496 e. The van der Waals surface area contributed by atoms with Crippen molar-refractivity contribution in [1.29, 1.82) is 0 Å². The van der Waals surface area contributed by atoms with Crippen LogP contribution in [0.15, 0.2) is 42.5 Å². The van der Waals surface area contributed by atoms with Gasteiger partial charge in [-0.25, -0.2) is 0 Å². The number of aryl methyl sites for hydroxylation is 1. The van der Waals surface area contributed by atoms with Crippen LogP contribution in [0.2, 0.25) is 0 Å². The lowest BCUT2D eigenvalue weighted by Crippen LogP contribution is -2.03. The molecule has 0 aliphatic carbocycles. The first-order valence-corrected chi connectivity index (χ1v) is 8.83. The highest BCUT2D eigenvalue weighted by atomic mass is 16.5. The number of benzene rings is 2. The molecule has 0 aliphatic heterocycles. The predicted octanol–water partition coefficient (Wildman–Crippen LogP) is 4.95. The third kappa shape index (κ3) is 4.88. The number of rotatable bonds is 9. The first-order valence-electron chi connectivity index (χ1n) is 8.83. The van der Waals surface area contributed by atoms with E-state index < -0.39 is 0 Å². The molecule has 0 unspecified atom stereocenters. The summed E-state index contributed by atoms with van der Waals surface area (Å²) in [6.07, 6.45) is 5.17. The second-order valence-corrected chi connectivity index (χ2v) is 5.81. The van der Waals surface area contributed by atoms with Crippen LogP contribution in [0.3, 0.4) is 0 Å². The fraction of sp³-hybridized carbons (Fsp3) is 0.318. The minimum absolute atomic E-state index is 0.101. The van der Waals surface area contributed by atoms with Crippen molar-refractivity contribution < 1.29 is 19.0 Å². The van der Waals surface area contributed by atoms with Crippen molar-refractivity contribution in [3.05, 3.63) is 59.2 Å². The summed E-state index contributed by atoms with van der Waals surface area (Å²) < 4.78 is 16.2. The maximum atomic E-state index is 12.7. The molecule has 0 spiro atoms. The monoisotopic (exact) mass is 354 g/mol. The topological polar surface area (TPSA) is 44.8 Å². The quantitative estimate of drug-likeness (QED) is 0.472. The van der Waals surface area contributed by atoms with Crippen LogP contribution in [0, 0.1) is 0 Å². The molecular formula is C22H26O4. The van der Waals surface area contributed by atoms with Gasteiger partial charge in [-0.05, 0) is 48.7 Å². The summed E-state index contributed by atoms with van der Waals surface area (Å²) in [4.78, 5) is 12.7. The van der Waals surface area contributed by atoms with Gasteiger partial charge in [0.05, 0.1) is 26.4 Å². The Morgan fingerprint density at radius 1 is 1.00 bits per heavy atom. The Morgan fingerprint density at radius 3 is 2.27 bits per heavy atom. The molecule has 0 N–H and O–H groups in total. The molecule has 0 atom stereocenters. The highest BCUT2D eigenvalue weighted by molar-refractivity contribution is 6.09. The maximum absolute atomic E-state index is 12.7. The van der Waals surface area contributed by atoms with Gasteiger partial charge in [-0.1, -0.05) is 31.6 Å². The molecule has 0 bridgehead atoms. The molecule has 4 nitrogen and oxygen atoms in total. The molecule has 138 valence electrons. The lowest BCUT2D eigenvalue weighted by atomic mass is 10.0. The molecule has 2 rings (SSSR count). The van der Waals surface area contributed by atoms with Gasteiger partial charge >= 0.3 is 0 Å². The van der Waals surface area contributed by atoms with Gasteiger partial charge in [0.2, 0.25) is 0 Å². The summed E-state index contributed by atoms with van der Waals surface area (Å²) in [6, 6.07) is 11.3. The van der Waals surface area contributed by atoms with E-state index in [1.54, 1.807) is 32.4 Å². The second-order valence-electron chi connectivity index (χ2n) is 5.81. The Bertz CT molecular complexity index is 760. The zero-order valence-electron chi connectivity index (χ0n) is 15.9. The van der Waals surface area contributed by atoms with Gasteiger partial charge in [0, 0.05) is 6.07 Å². The van der Waals surface area contributed by atoms with Crippen molar-refractivity contribution in [3.63, 3.8) is 0 Å². The van der Waals surface area contributed by atoms with Gasteiger partial charge in [0.1, 0.15) is 17.2 Å². The summed E-state index contributed by atoms with van der Waals surface area (Å²) in [6.45, 7) is 4.67. The van der Waals surface area contributed by atoms with Crippen molar-refractivity contribution >= 4 is 11.9 Å². The third-order valence-electron chi connectivity index (χ3n) is 4.01. The Kier molecular flexibility index (Phi) is 7.27. The summed E-state index contributed by atoms with van der Waals surface area (Å²) in [5, 5.41) is 0. The van der Waals surface area contributed by atoms with Crippen LogP contribution in [0.5, 0.6) is 17.2 Å². The first kappa shape index (κ1) is 19.6. The summed E-state index contributed by atoms with van der Waals surface area (Å²) in [5.41, 5.74) is 2.48. The number of ketones is 1. The van der Waals surface area contributed by atoms with Crippen LogP contribution in [0.25, 0.3) is 6.08 Å². The molecule has 0 aliphatic rings. The van der Waals surface area contributed by atoms with E-state index >= 15 is 0 Å². The highest BCUT2D eigenvalue weighted by Gasteiger charge is 2.15. The van der Waals surface area contributed by atoms with Crippen molar-refractivity contribution in [2.45, 2.75) is 26.7 Å². The second kappa shape index (κ2) is 9.66. The zero-order chi connectivity index (χ0) is 18.9. The summed E-state index contributed by atoms with van der Waals surface area (Å²) >= 11 is 0. The number of methoxy groups -OCH3 is 2. The van der Waals surface area contributed by atoms with Crippen molar-refractivity contribution in [2.75, 3.05) is 20.8 Å². The van der Waals surface area contributed by atoms with Gasteiger partial charge in [-0.2, -0.15) is 0 Å². The normalized spacial score (nSPS) is 10.8. The van der Waals surface area contributed by atoms with E-state index in [2.05, 4.69) is 6.92 Å². The molecule has 26 heavy (non-hydrogen) atoms. The minimum Gasteiger partial charge on any atom is -0.496 e. The van der Waals surface area contributed by atoms with Gasteiger partial charge < -0.3 is 14.2 Å². The fourth-order valence-electron chi connectivity index (χ4n) is 2.73. The summed E-state index contributed by atoms with van der Waals surface area (Å²) in [5.74, 6) is 1.98. The van der Waals surface area contributed by atoms with E-state index in [1.807, 2.05) is 37.3 Å². The van der Waals surface area contributed by atoms with Crippen LogP contribution in [0.4, 0.5) is 0 Å². The van der Waals surface area contributed by atoms with E-state index in [1.165, 1.54) is 0 Å². The van der Waals surface area contributed by atoms with Gasteiger partial charge in [0.25, 0.3) is 0 Å². The third-order valence-corrected chi connectivity index (χ3v) is 4.01.